The standard InChI is InChI=1S/2C13H16BrNO.Cu/c2*14-11-6-7-13(16)10(8-11)9-15-12-4-2-1-3-5-12;/h2*6-9,12,16H,1-5H2;/q;;+2/p-2. The summed E-state index contributed by atoms with van der Waals surface area (Å²) in [4.78, 5) is 9.02. The molecule has 0 saturated heterocycles. The molecule has 7 heteroatoms. The molecule has 2 aliphatic rings. The fourth-order valence-corrected chi connectivity index (χ4v) is 4.83. The SMILES string of the molecule is [Cu+2].[O-]c1ccc(Br)cc1C=NC1CCCCC1.[O-]c1ccc(Br)cc1C=NC1CCCCC1. The Kier molecular flexibility index (Phi) is 12.8. The van der Waals surface area contributed by atoms with Crippen molar-refractivity contribution in [2.75, 3.05) is 0 Å². The fourth-order valence-electron chi connectivity index (χ4n) is 4.07. The van der Waals surface area contributed by atoms with Crippen LogP contribution in [0.4, 0.5) is 0 Å². The summed E-state index contributed by atoms with van der Waals surface area (Å²) >= 11 is 6.72. The quantitative estimate of drug-likeness (QED) is 0.286. The molecule has 0 spiro atoms. The van der Waals surface area contributed by atoms with Crippen molar-refractivity contribution < 1.29 is 27.3 Å². The predicted octanol–water partition coefficient (Wildman–Crippen LogP) is 6.55. The van der Waals surface area contributed by atoms with E-state index in [9.17, 15) is 10.2 Å². The molecule has 2 fully saturated rings. The van der Waals surface area contributed by atoms with Gasteiger partial charge in [0.15, 0.2) is 0 Å². The van der Waals surface area contributed by atoms with Crippen molar-refractivity contribution in [3.8, 4) is 11.5 Å². The topological polar surface area (TPSA) is 70.8 Å². The first kappa shape index (κ1) is 28.1. The van der Waals surface area contributed by atoms with Gasteiger partial charge in [-0.05, 0) is 61.1 Å². The molecule has 181 valence electrons. The van der Waals surface area contributed by atoms with Crippen LogP contribution in [0.25, 0.3) is 0 Å². The average molecular weight is 626 g/mol. The molecule has 0 atom stereocenters. The minimum absolute atomic E-state index is 0. The van der Waals surface area contributed by atoms with Gasteiger partial charge in [-0.1, -0.05) is 94.0 Å². The minimum atomic E-state index is 0. The normalized spacial score (nSPS) is 17.5. The van der Waals surface area contributed by atoms with E-state index in [1.807, 2.05) is 12.1 Å². The molecule has 0 unspecified atom stereocenters. The van der Waals surface area contributed by atoms with Gasteiger partial charge in [0.2, 0.25) is 0 Å². The first-order chi connectivity index (χ1) is 15.5. The molecule has 4 rings (SSSR count). The van der Waals surface area contributed by atoms with Crippen LogP contribution in [0.3, 0.4) is 0 Å². The first-order valence-electron chi connectivity index (χ1n) is 11.5. The Bertz CT molecular complexity index is 849. The molecular weight excluding hydrogens is 596 g/mol. The summed E-state index contributed by atoms with van der Waals surface area (Å²) in [6.45, 7) is 0. The smallest absolute Gasteiger partial charge is 0.872 e. The number of halogens is 2. The summed E-state index contributed by atoms with van der Waals surface area (Å²) in [6, 6.07) is 11.2. The molecule has 0 N–H and O–H groups in total. The molecule has 0 bridgehead atoms. The Morgan fingerprint density at radius 3 is 1.36 bits per heavy atom. The zero-order chi connectivity index (χ0) is 22.8. The van der Waals surface area contributed by atoms with E-state index in [1.165, 1.54) is 64.2 Å². The Labute approximate surface area is 224 Å². The number of rotatable bonds is 4. The van der Waals surface area contributed by atoms with Crippen LogP contribution in [0.5, 0.6) is 11.5 Å². The molecule has 4 nitrogen and oxygen atoms in total. The number of hydrogen-bond donors (Lipinski definition) is 0. The van der Waals surface area contributed by atoms with E-state index in [0.717, 1.165) is 8.95 Å². The van der Waals surface area contributed by atoms with Crippen LogP contribution in [0.2, 0.25) is 0 Å². The Morgan fingerprint density at radius 2 is 1.00 bits per heavy atom. The van der Waals surface area contributed by atoms with Crippen molar-refractivity contribution in [1.82, 2.24) is 0 Å². The number of aliphatic imine (C=N–C) groups is 2. The van der Waals surface area contributed by atoms with E-state index in [4.69, 9.17) is 0 Å². The van der Waals surface area contributed by atoms with Crippen LogP contribution in [-0.2, 0) is 17.1 Å². The summed E-state index contributed by atoms with van der Waals surface area (Å²) in [5, 5.41) is 23.1. The fraction of sp³-hybridized carbons (Fsp3) is 0.462. The van der Waals surface area contributed by atoms with E-state index in [-0.39, 0.29) is 28.6 Å². The Balaban J connectivity index is 0.000000227. The number of benzene rings is 2. The molecule has 0 amide bonds. The van der Waals surface area contributed by atoms with Crippen LogP contribution in [-0.4, -0.2) is 24.5 Å². The van der Waals surface area contributed by atoms with Gasteiger partial charge in [0.1, 0.15) is 0 Å². The van der Waals surface area contributed by atoms with Crippen LogP contribution in [0.1, 0.15) is 75.3 Å². The molecule has 0 aliphatic heterocycles. The summed E-state index contributed by atoms with van der Waals surface area (Å²) in [7, 11) is 0. The molecule has 0 heterocycles. The third kappa shape index (κ3) is 9.94. The van der Waals surface area contributed by atoms with Gasteiger partial charge in [-0.15, -0.1) is 0 Å². The van der Waals surface area contributed by atoms with Gasteiger partial charge < -0.3 is 10.2 Å². The summed E-state index contributed by atoms with van der Waals surface area (Å²) < 4.78 is 1.86. The molecule has 2 saturated carbocycles. The van der Waals surface area contributed by atoms with E-state index < -0.39 is 0 Å². The summed E-state index contributed by atoms with van der Waals surface area (Å²) in [5.74, 6) is 0.0884. The van der Waals surface area contributed by atoms with Crippen molar-refractivity contribution in [2.24, 2.45) is 9.98 Å². The molecule has 0 aromatic heterocycles. The molecule has 2 aliphatic carbocycles. The van der Waals surface area contributed by atoms with Crippen molar-refractivity contribution in [1.29, 1.82) is 0 Å². The van der Waals surface area contributed by atoms with E-state index >= 15 is 0 Å². The molecular formula is C26H30Br2CuN2O2. The van der Waals surface area contributed by atoms with Crippen LogP contribution in [0.15, 0.2) is 55.3 Å². The second-order valence-corrected chi connectivity index (χ2v) is 10.3. The van der Waals surface area contributed by atoms with Crippen molar-refractivity contribution in [2.45, 2.75) is 76.3 Å². The minimum Gasteiger partial charge on any atom is -0.872 e. The largest absolute Gasteiger partial charge is 2.00 e. The summed E-state index contributed by atoms with van der Waals surface area (Å²) in [5.41, 5.74) is 1.36. The summed E-state index contributed by atoms with van der Waals surface area (Å²) in [6.07, 6.45) is 15.9. The van der Waals surface area contributed by atoms with Gasteiger partial charge in [-0.25, -0.2) is 0 Å². The Hall–Kier alpha value is -1.14. The monoisotopic (exact) mass is 623 g/mol. The van der Waals surface area contributed by atoms with Gasteiger partial charge in [0, 0.05) is 33.5 Å². The van der Waals surface area contributed by atoms with Crippen LogP contribution in [0, 0.1) is 0 Å². The second kappa shape index (κ2) is 15.0. The average Bonchev–Trinajstić information content (AvgIpc) is 2.82. The van der Waals surface area contributed by atoms with Crippen molar-refractivity contribution in [3.63, 3.8) is 0 Å². The zero-order valence-electron chi connectivity index (χ0n) is 18.6. The van der Waals surface area contributed by atoms with E-state index in [2.05, 4.69) is 41.8 Å². The molecule has 1 radical (unpaired) electrons. The van der Waals surface area contributed by atoms with Crippen LogP contribution < -0.4 is 10.2 Å². The molecule has 2 aromatic carbocycles. The van der Waals surface area contributed by atoms with E-state index in [1.54, 1.807) is 36.7 Å². The maximum atomic E-state index is 11.5. The van der Waals surface area contributed by atoms with Crippen molar-refractivity contribution in [3.05, 3.63) is 56.5 Å². The number of hydrogen-bond acceptors (Lipinski definition) is 4. The predicted molar refractivity (Wildman–Crippen MR) is 136 cm³/mol. The van der Waals surface area contributed by atoms with Gasteiger partial charge in [0.25, 0.3) is 0 Å². The Morgan fingerprint density at radius 1 is 0.636 bits per heavy atom. The maximum Gasteiger partial charge on any atom is 2.00 e. The zero-order valence-corrected chi connectivity index (χ0v) is 22.7. The third-order valence-corrected chi connectivity index (χ3v) is 6.93. The van der Waals surface area contributed by atoms with Gasteiger partial charge in [-0.3, -0.25) is 9.98 Å². The maximum absolute atomic E-state index is 11.5. The van der Waals surface area contributed by atoms with Gasteiger partial charge in [0.05, 0.1) is 0 Å². The first-order valence-corrected chi connectivity index (χ1v) is 13.1. The molecule has 33 heavy (non-hydrogen) atoms. The van der Waals surface area contributed by atoms with Crippen molar-refractivity contribution >= 4 is 44.3 Å². The number of nitrogens with zero attached hydrogens (tertiary/aromatic N) is 2. The van der Waals surface area contributed by atoms with E-state index in [0.29, 0.717) is 23.2 Å². The second-order valence-electron chi connectivity index (χ2n) is 8.50. The van der Waals surface area contributed by atoms with Crippen LogP contribution >= 0.6 is 31.9 Å². The third-order valence-electron chi connectivity index (χ3n) is 5.94. The van der Waals surface area contributed by atoms with Gasteiger partial charge in [-0.2, -0.15) is 0 Å². The van der Waals surface area contributed by atoms with Gasteiger partial charge >= 0.3 is 17.1 Å². The molecule has 2 aromatic rings.